The number of halogens is 1. The molecule has 4 rings (SSSR count). The number of likely N-dealkylation sites (N-methyl/N-ethyl adjacent to an activating group) is 1. The average Bonchev–Trinajstić information content (AvgIpc) is 3.32. The van der Waals surface area contributed by atoms with Gasteiger partial charge in [-0.15, -0.1) is 0 Å². The Morgan fingerprint density at radius 1 is 1.09 bits per heavy atom. The summed E-state index contributed by atoms with van der Waals surface area (Å²) < 4.78 is 12.0. The van der Waals surface area contributed by atoms with E-state index >= 15 is 0 Å². The molecular weight excluding hydrogens is 436 g/mol. The third kappa shape index (κ3) is 6.04. The summed E-state index contributed by atoms with van der Waals surface area (Å²) in [7, 11) is 2.03. The second kappa shape index (κ2) is 11.3. The second-order valence-corrected chi connectivity index (χ2v) is 9.45. The Labute approximate surface area is 201 Å². The molecule has 176 valence electrons. The highest BCUT2D eigenvalue weighted by Crippen LogP contribution is 2.43. The molecule has 0 radical (unpaired) electrons. The van der Waals surface area contributed by atoms with Gasteiger partial charge in [-0.1, -0.05) is 73.3 Å². The number of aliphatic hydroxyl groups is 1. The molecule has 1 aromatic heterocycles. The highest BCUT2D eigenvalue weighted by molar-refractivity contribution is 6.30. The summed E-state index contributed by atoms with van der Waals surface area (Å²) in [5.74, 6) is 1.26. The number of benzene rings is 2. The third-order valence-corrected chi connectivity index (χ3v) is 6.77. The first-order chi connectivity index (χ1) is 16.1. The molecule has 1 fully saturated rings. The van der Waals surface area contributed by atoms with E-state index in [4.69, 9.17) is 20.8 Å². The quantitative estimate of drug-likeness (QED) is 0.381. The van der Waals surface area contributed by atoms with Gasteiger partial charge in [0.2, 0.25) is 5.89 Å². The maximum Gasteiger partial charge on any atom is 0.231 e. The van der Waals surface area contributed by atoms with Crippen molar-refractivity contribution in [1.82, 2.24) is 9.88 Å². The van der Waals surface area contributed by atoms with Crippen molar-refractivity contribution in [1.29, 1.82) is 0 Å². The number of hydrogen-bond donors (Lipinski definition) is 1. The molecule has 1 saturated carbocycles. The second-order valence-electron chi connectivity index (χ2n) is 9.02. The fraction of sp³-hybridized carbons (Fsp3) is 0.444. The molecule has 5 nitrogen and oxygen atoms in total. The first-order valence-electron chi connectivity index (χ1n) is 11.8. The van der Waals surface area contributed by atoms with E-state index in [2.05, 4.69) is 9.88 Å². The zero-order valence-corrected chi connectivity index (χ0v) is 20.0. The average molecular weight is 469 g/mol. The largest absolute Gasteiger partial charge is 0.441 e. The van der Waals surface area contributed by atoms with Crippen LogP contribution < -0.4 is 0 Å². The van der Waals surface area contributed by atoms with Crippen molar-refractivity contribution in [3.05, 3.63) is 88.6 Å². The van der Waals surface area contributed by atoms with Crippen LogP contribution >= 0.6 is 11.6 Å². The maximum absolute atomic E-state index is 11.9. The zero-order chi connectivity index (χ0) is 23.1. The van der Waals surface area contributed by atoms with Gasteiger partial charge in [0.25, 0.3) is 0 Å². The molecule has 6 heteroatoms. The molecule has 1 N–H and O–H groups in total. The molecule has 0 aliphatic heterocycles. The van der Waals surface area contributed by atoms with E-state index in [0.717, 1.165) is 54.1 Å². The van der Waals surface area contributed by atoms with Crippen LogP contribution in [0.4, 0.5) is 0 Å². The zero-order valence-electron chi connectivity index (χ0n) is 19.3. The Hall–Kier alpha value is -2.18. The van der Waals surface area contributed by atoms with Crippen LogP contribution in [0, 0.1) is 5.92 Å². The Morgan fingerprint density at radius 2 is 1.82 bits per heavy atom. The molecule has 0 unspecified atom stereocenters. The summed E-state index contributed by atoms with van der Waals surface area (Å²) in [6, 6.07) is 17.5. The van der Waals surface area contributed by atoms with E-state index in [9.17, 15) is 5.11 Å². The molecular formula is C27H33ClN2O3. The number of rotatable bonds is 10. The predicted octanol–water partition coefficient (Wildman–Crippen LogP) is 5.79. The molecule has 1 heterocycles. The van der Waals surface area contributed by atoms with Crippen LogP contribution in [0.15, 0.2) is 65.2 Å². The van der Waals surface area contributed by atoms with Crippen LogP contribution in [0.1, 0.15) is 54.9 Å². The molecule has 0 spiro atoms. The number of hydrogen-bond acceptors (Lipinski definition) is 5. The number of ether oxygens (including phenoxy) is 1. The molecule has 0 saturated heterocycles. The van der Waals surface area contributed by atoms with Gasteiger partial charge in [0.1, 0.15) is 5.76 Å². The molecule has 1 atom stereocenters. The van der Waals surface area contributed by atoms with E-state index in [1.54, 1.807) is 6.20 Å². The normalized spacial score (nSPS) is 16.7. The number of oxazole rings is 1. The Balaban J connectivity index is 1.36. The van der Waals surface area contributed by atoms with Crippen molar-refractivity contribution < 1.29 is 14.3 Å². The van der Waals surface area contributed by atoms with Gasteiger partial charge in [-0.3, -0.25) is 4.90 Å². The minimum Gasteiger partial charge on any atom is -0.441 e. The molecule has 3 aromatic rings. The van der Waals surface area contributed by atoms with Crippen molar-refractivity contribution in [2.45, 2.75) is 50.9 Å². The molecule has 2 aromatic carbocycles. The van der Waals surface area contributed by atoms with E-state index < -0.39 is 5.60 Å². The molecule has 1 aliphatic carbocycles. The number of aromatic nitrogens is 1. The van der Waals surface area contributed by atoms with Crippen LogP contribution in [0.3, 0.4) is 0 Å². The van der Waals surface area contributed by atoms with Gasteiger partial charge >= 0.3 is 0 Å². The fourth-order valence-corrected chi connectivity index (χ4v) is 4.77. The van der Waals surface area contributed by atoms with Crippen molar-refractivity contribution in [2.75, 3.05) is 20.2 Å². The minimum atomic E-state index is -1.19. The summed E-state index contributed by atoms with van der Waals surface area (Å²) in [6.07, 6.45) is 7.19. The van der Waals surface area contributed by atoms with E-state index in [1.807, 2.05) is 61.6 Å². The lowest BCUT2D eigenvalue weighted by molar-refractivity contribution is -0.0243. The maximum atomic E-state index is 11.9. The Bertz CT molecular complexity index is 986. The van der Waals surface area contributed by atoms with E-state index in [0.29, 0.717) is 25.6 Å². The van der Waals surface area contributed by atoms with Crippen LogP contribution in [0.2, 0.25) is 5.02 Å². The molecule has 0 amide bonds. The minimum absolute atomic E-state index is 0.110. The van der Waals surface area contributed by atoms with Gasteiger partial charge in [0, 0.05) is 17.5 Å². The fourth-order valence-electron chi connectivity index (χ4n) is 4.64. The highest BCUT2D eigenvalue weighted by Gasteiger charge is 2.44. The van der Waals surface area contributed by atoms with Crippen LogP contribution in [-0.4, -0.2) is 35.2 Å². The number of nitrogens with zero attached hydrogens (tertiary/aromatic N) is 2. The predicted molar refractivity (Wildman–Crippen MR) is 130 cm³/mol. The first-order valence-corrected chi connectivity index (χ1v) is 12.2. The molecule has 33 heavy (non-hydrogen) atoms. The highest BCUT2D eigenvalue weighted by atomic mass is 35.5. The van der Waals surface area contributed by atoms with Crippen LogP contribution in [0.25, 0.3) is 0 Å². The molecule has 0 bridgehead atoms. The Kier molecular flexibility index (Phi) is 8.20. The van der Waals surface area contributed by atoms with Crippen molar-refractivity contribution in [3.63, 3.8) is 0 Å². The van der Waals surface area contributed by atoms with Crippen LogP contribution in [0.5, 0.6) is 0 Å². The Morgan fingerprint density at radius 3 is 2.55 bits per heavy atom. The standard InChI is InChI=1S/C27H33ClN2O3/c1-30(16-17-32-20-21-12-14-24(28)15-13-21)19-25-18-29-26(33-25)27(31,22-8-4-2-5-9-22)23-10-6-3-7-11-23/h2,4-5,8-9,12-15,18,23,31H,3,6-7,10-11,16-17,19-20H2,1H3/t27-/m0/s1. The van der Waals surface area contributed by atoms with E-state index in [-0.39, 0.29) is 5.92 Å². The van der Waals surface area contributed by atoms with Gasteiger partial charge in [-0.2, -0.15) is 0 Å². The van der Waals surface area contributed by atoms with Gasteiger partial charge in [0.05, 0.1) is 26.0 Å². The van der Waals surface area contributed by atoms with Gasteiger partial charge in [0.15, 0.2) is 5.60 Å². The SMILES string of the molecule is CN(CCOCc1ccc(Cl)cc1)Cc1cnc([C@](O)(c2ccccc2)C2CCCCC2)o1. The van der Waals surface area contributed by atoms with Crippen molar-refractivity contribution >= 4 is 11.6 Å². The lowest BCUT2D eigenvalue weighted by Crippen LogP contribution is -2.38. The monoisotopic (exact) mass is 468 g/mol. The summed E-state index contributed by atoms with van der Waals surface area (Å²) in [5, 5.41) is 12.7. The lowest BCUT2D eigenvalue weighted by atomic mass is 9.73. The summed E-state index contributed by atoms with van der Waals surface area (Å²) in [4.78, 5) is 6.68. The topological polar surface area (TPSA) is 58.7 Å². The van der Waals surface area contributed by atoms with Gasteiger partial charge in [-0.05, 0) is 43.1 Å². The smallest absolute Gasteiger partial charge is 0.231 e. The van der Waals surface area contributed by atoms with Crippen molar-refractivity contribution in [2.24, 2.45) is 5.92 Å². The summed E-state index contributed by atoms with van der Waals surface area (Å²) in [6.45, 7) is 2.53. The third-order valence-electron chi connectivity index (χ3n) is 6.51. The first kappa shape index (κ1) is 24.0. The van der Waals surface area contributed by atoms with Gasteiger partial charge in [-0.25, -0.2) is 4.98 Å². The van der Waals surface area contributed by atoms with E-state index in [1.165, 1.54) is 6.42 Å². The molecule has 1 aliphatic rings. The summed E-state index contributed by atoms with van der Waals surface area (Å²) in [5.41, 5.74) is 0.763. The van der Waals surface area contributed by atoms with Gasteiger partial charge < -0.3 is 14.3 Å². The van der Waals surface area contributed by atoms with Crippen molar-refractivity contribution in [3.8, 4) is 0 Å². The lowest BCUT2D eigenvalue weighted by Gasteiger charge is -2.36. The summed E-state index contributed by atoms with van der Waals surface area (Å²) >= 11 is 5.92. The van der Waals surface area contributed by atoms with Crippen LogP contribution in [-0.2, 0) is 23.5 Å².